The number of nitrogens with one attached hydrogen (secondary N) is 1. The highest BCUT2D eigenvalue weighted by atomic mass is 16.1. The summed E-state index contributed by atoms with van der Waals surface area (Å²) in [4.78, 5) is 11.8. The fraction of sp³-hybridized carbons (Fsp3) is 0.533. The topological polar surface area (TPSA) is 55.1 Å². The molecular weight excluding hydrogens is 224 g/mol. The zero-order valence-electron chi connectivity index (χ0n) is 11.8. The van der Waals surface area contributed by atoms with E-state index in [-0.39, 0.29) is 17.4 Å². The molecule has 0 spiro atoms. The molecule has 0 aliphatic carbocycles. The van der Waals surface area contributed by atoms with Gasteiger partial charge in [-0.05, 0) is 29.5 Å². The number of aryl methyl sites for hydroxylation is 1. The molecule has 100 valence electrons. The first-order valence-electron chi connectivity index (χ1n) is 6.47. The normalized spacial score (nSPS) is 13.2. The Morgan fingerprint density at radius 1 is 1.28 bits per heavy atom. The summed E-state index contributed by atoms with van der Waals surface area (Å²) in [5.74, 6) is -0.0262. The van der Waals surface area contributed by atoms with Gasteiger partial charge in [-0.15, -0.1) is 0 Å². The van der Waals surface area contributed by atoms with Gasteiger partial charge in [0.2, 0.25) is 5.91 Å². The Hall–Kier alpha value is -1.35. The van der Waals surface area contributed by atoms with E-state index < -0.39 is 0 Å². The standard InChI is InChI=1S/C15H24N2O/c1-5-11-6-8-12(9-7-11)17-14(18)10-13(16)15(2,3)4/h6-9,13H,5,10,16H2,1-4H3,(H,17,18). The summed E-state index contributed by atoms with van der Waals surface area (Å²) in [6.45, 7) is 8.24. The second kappa shape index (κ2) is 6.01. The molecular formula is C15H24N2O. The smallest absolute Gasteiger partial charge is 0.225 e. The predicted molar refractivity (Wildman–Crippen MR) is 76.5 cm³/mol. The van der Waals surface area contributed by atoms with E-state index in [0.717, 1.165) is 12.1 Å². The van der Waals surface area contributed by atoms with E-state index >= 15 is 0 Å². The molecule has 0 fully saturated rings. The number of amides is 1. The Bertz CT molecular complexity index is 390. The van der Waals surface area contributed by atoms with Gasteiger partial charge in [-0.25, -0.2) is 0 Å². The lowest BCUT2D eigenvalue weighted by molar-refractivity contribution is -0.117. The quantitative estimate of drug-likeness (QED) is 0.860. The summed E-state index contributed by atoms with van der Waals surface area (Å²) in [7, 11) is 0. The lowest BCUT2D eigenvalue weighted by Gasteiger charge is -2.26. The number of carbonyl (C=O) groups excluding carboxylic acids is 1. The van der Waals surface area contributed by atoms with Gasteiger partial charge in [0.1, 0.15) is 0 Å². The average Bonchev–Trinajstić information content (AvgIpc) is 2.28. The zero-order valence-corrected chi connectivity index (χ0v) is 11.8. The van der Waals surface area contributed by atoms with Gasteiger partial charge in [-0.2, -0.15) is 0 Å². The molecule has 0 bridgehead atoms. The van der Waals surface area contributed by atoms with Crippen LogP contribution in [0.3, 0.4) is 0 Å². The second-order valence-electron chi connectivity index (χ2n) is 5.78. The van der Waals surface area contributed by atoms with Crippen molar-refractivity contribution in [3.63, 3.8) is 0 Å². The van der Waals surface area contributed by atoms with Gasteiger partial charge in [-0.3, -0.25) is 4.79 Å². The van der Waals surface area contributed by atoms with Crippen molar-refractivity contribution >= 4 is 11.6 Å². The van der Waals surface area contributed by atoms with Crippen LogP contribution in [0.4, 0.5) is 5.69 Å². The van der Waals surface area contributed by atoms with Gasteiger partial charge in [0.15, 0.2) is 0 Å². The molecule has 1 rings (SSSR count). The van der Waals surface area contributed by atoms with Crippen molar-refractivity contribution in [3.05, 3.63) is 29.8 Å². The van der Waals surface area contributed by atoms with E-state index in [1.807, 2.05) is 45.0 Å². The van der Waals surface area contributed by atoms with Gasteiger partial charge in [0.25, 0.3) is 0 Å². The van der Waals surface area contributed by atoms with Crippen LogP contribution in [0.2, 0.25) is 0 Å². The molecule has 0 aromatic heterocycles. The van der Waals surface area contributed by atoms with Crippen molar-refractivity contribution in [2.45, 2.75) is 46.6 Å². The highest BCUT2D eigenvalue weighted by Gasteiger charge is 2.23. The molecule has 1 aromatic rings. The van der Waals surface area contributed by atoms with Gasteiger partial charge >= 0.3 is 0 Å². The number of anilines is 1. The predicted octanol–water partition coefficient (Wildman–Crippen LogP) is 2.95. The summed E-state index contributed by atoms with van der Waals surface area (Å²) in [6, 6.07) is 7.78. The minimum atomic E-state index is -0.132. The number of benzene rings is 1. The average molecular weight is 248 g/mol. The lowest BCUT2D eigenvalue weighted by Crippen LogP contribution is -2.38. The largest absolute Gasteiger partial charge is 0.327 e. The van der Waals surface area contributed by atoms with Crippen LogP contribution in [-0.2, 0) is 11.2 Å². The second-order valence-corrected chi connectivity index (χ2v) is 5.78. The fourth-order valence-electron chi connectivity index (χ4n) is 1.54. The summed E-state index contributed by atoms with van der Waals surface area (Å²) in [5.41, 5.74) is 8.03. The molecule has 0 saturated heterocycles. The van der Waals surface area contributed by atoms with Crippen LogP contribution < -0.4 is 11.1 Å². The Morgan fingerprint density at radius 3 is 2.28 bits per heavy atom. The molecule has 3 nitrogen and oxygen atoms in total. The number of nitrogens with two attached hydrogens (primary N) is 1. The van der Waals surface area contributed by atoms with E-state index in [4.69, 9.17) is 5.73 Å². The van der Waals surface area contributed by atoms with Crippen molar-refractivity contribution in [1.82, 2.24) is 0 Å². The molecule has 1 atom stereocenters. The van der Waals surface area contributed by atoms with Crippen LogP contribution in [0.1, 0.15) is 39.7 Å². The van der Waals surface area contributed by atoms with Crippen molar-refractivity contribution in [3.8, 4) is 0 Å². The maximum atomic E-state index is 11.8. The zero-order chi connectivity index (χ0) is 13.8. The van der Waals surface area contributed by atoms with Crippen molar-refractivity contribution in [1.29, 1.82) is 0 Å². The maximum Gasteiger partial charge on any atom is 0.225 e. The summed E-state index contributed by atoms with van der Waals surface area (Å²) < 4.78 is 0. The summed E-state index contributed by atoms with van der Waals surface area (Å²) >= 11 is 0. The fourth-order valence-corrected chi connectivity index (χ4v) is 1.54. The van der Waals surface area contributed by atoms with Gasteiger partial charge in [-0.1, -0.05) is 39.8 Å². The minimum Gasteiger partial charge on any atom is -0.327 e. The Kier molecular flexibility index (Phi) is 4.91. The number of hydrogen-bond donors (Lipinski definition) is 2. The third-order valence-corrected chi connectivity index (χ3v) is 3.16. The molecule has 3 heteroatoms. The maximum absolute atomic E-state index is 11.8. The van der Waals surface area contributed by atoms with Crippen LogP contribution in [0.25, 0.3) is 0 Å². The minimum absolute atomic E-state index is 0.0262. The third-order valence-electron chi connectivity index (χ3n) is 3.16. The molecule has 1 amide bonds. The van der Waals surface area contributed by atoms with Gasteiger partial charge in [0.05, 0.1) is 0 Å². The van der Waals surface area contributed by atoms with Crippen LogP contribution in [0.15, 0.2) is 24.3 Å². The van der Waals surface area contributed by atoms with E-state index in [9.17, 15) is 4.79 Å². The molecule has 3 N–H and O–H groups in total. The molecule has 0 aliphatic heterocycles. The van der Waals surface area contributed by atoms with E-state index in [1.165, 1.54) is 5.56 Å². The number of carbonyl (C=O) groups is 1. The van der Waals surface area contributed by atoms with Crippen LogP contribution in [-0.4, -0.2) is 11.9 Å². The monoisotopic (exact) mass is 248 g/mol. The molecule has 1 aromatic carbocycles. The molecule has 1 unspecified atom stereocenters. The first-order chi connectivity index (χ1) is 8.32. The Morgan fingerprint density at radius 2 is 1.83 bits per heavy atom. The third kappa shape index (κ3) is 4.49. The number of hydrogen-bond acceptors (Lipinski definition) is 2. The lowest BCUT2D eigenvalue weighted by atomic mass is 9.85. The highest BCUT2D eigenvalue weighted by molar-refractivity contribution is 5.91. The Balaban J connectivity index is 2.54. The van der Waals surface area contributed by atoms with Gasteiger partial charge < -0.3 is 11.1 Å². The van der Waals surface area contributed by atoms with Crippen molar-refractivity contribution < 1.29 is 4.79 Å². The molecule has 18 heavy (non-hydrogen) atoms. The molecule has 0 radical (unpaired) electrons. The molecule has 0 aliphatic rings. The molecule has 0 heterocycles. The highest BCUT2D eigenvalue weighted by Crippen LogP contribution is 2.20. The van der Waals surface area contributed by atoms with Crippen LogP contribution in [0.5, 0.6) is 0 Å². The first kappa shape index (κ1) is 14.7. The van der Waals surface area contributed by atoms with Crippen molar-refractivity contribution in [2.24, 2.45) is 11.1 Å². The molecule has 0 saturated carbocycles. The summed E-state index contributed by atoms with van der Waals surface area (Å²) in [5, 5.41) is 2.88. The van der Waals surface area contributed by atoms with Gasteiger partial charge in [0, 0.05) is 18.2 Å². The van der Waals surface area contributed by atoms with E-state index in [1.54, 1.807) is 0 Å². The number of rotatable bonds is 4. The van der Waals surface area contributed by atoms with Crippen molar-refractivity contribution in [2.75, 3.05) is 5.32 Å². The summed E-state index contributed by atoms with van der Waals surface area (Å²) in [6.07, 6.45) is 1.35. The van der Waals surface area contributed by atoms with Crippen LogP contribution >= 0.6 is 0 Å². The van der Waals surface area contributed by atoms with E-state index in [2.05, 4.69) is 12.2 Å². The Labute approximate surface area is 110 Å². The SMILES string of the molecule is CCc1ccc(NC(=O)CC(N)C(C)(C)C)cc1. The van der Waals surface area contributed by atoms with Crippen LogP contribution in [0, 0.1) is 5.41 Å². The van der Waals surface area contributed by atoms with E-state index in [0.29, 0.717) is 6.42 Å². The first-order valence-corrected chi connectivity index (χ1v) is 6.47.